The Morgan fingerprint density at radius 1 is 1.17 bits per heavy atom. The Labute approximate surface area is 140 Å². The first-order chi connectivity index (χ1) is 11.6. The van der Waals surface area contributed by atoms with Crippen molar-refractivity contribution < 1.29 is 14.0 Å². The number of halogens is 1. The predicted molar refractivity (Wildman–Crippen MR) is 88.0 cm³/mol. The van der Waals surface area contributed by atoms with Crippen LogP contribution in [0.5, 0.6) is 0 Å². The Morgan fingerprint density at radius 2 is 1.88 bits per heavy atom. The topological polar surface area (TPSA) is 76.0 Å². The molecule has 1 heterocycles. The highest BCUT2D eigenvalue weighted by atomic mass is 19.1. The Kier molecular flexibility index (Phi) is 6.48. The molecule has 2 amide bonds. The van der Waals surface area contributed by atoms with Crippen molar-refractivity contribution in [3.8, 4) is 0 Å². The highest BCUT2D eigenvalue weighted by molar-refractivity contribution is 5.94. The van der Waals surface area contributed by atoms with Gasteiger partial charge in [-0.1, -0.05) is 6.92 Å². The summed E-state index contributed by atoms with van der Waals surface area (Å²) in [6.07, 6.45) is 4.76. The first-order valence-electron chi connectivity index (χ1n) is 7.90. The number of rotatable bonds is 8. The first-order valence-corrected chi connectivity index (χ1v) is 7.90. The van der Waals surface area contributed by atoms with E-state index >= 15 is 0 Å². The standard InChI is InChI=1S/C17H21FN4O2/c1-2-15-19-10-12-22(15)11-7-16(23)20-8-9-21-17(24)13-3-5-14(18)6-4-13/h3-6,10,12H,2,7-9,11H2,1H3,(H,20,23)(H,21,24). The molecule has 0 saturated carbocycles. The molecule has 0 atom stereocenters. The maximum absolute atomic E-state index is 12.8. The quantitative estimate of drug-likeness (QED) is 0.720. The average Bonchev–Trinajstić information content (AvgIpc) is 3.05. The molecule has 1 aromatic carbocycles. The van der Waals surface area contributed by atoms with E-state index in [0.29, 0.717) is 31.6 Å². The van der Waals surface area contributed by atoms with Crippen LogP contribution in [0.2, 0.25) is 0 Å². The van der Waals surface area contributed by atoms with Crippen LogP contribution < -0.4 is 10.6 Å². The van der Waals surface area contributed by atoms with Gasteiger partial charge in [0.05, 0.1) is 0 Å². The van der Waals surface area contributed by atoms with E-state index in [-0.39, 0.29) is 17.6 Å². The second-order valence-electron chi connectivity index (χ2n) is 5.25. The van der Waals surface area contributed by atoms with Crippen LogP contribution in [0.15, 0.2) is 36.7 Å². The lowest BCUT2D eigenvalue weighted by Gasteiger charge is -2.09. The molecule has 0 fully saturated rings. The molecule has 0 aliphatic carbocycles. The smallest absolute Gasteiger partial charge is 0.251 e. The molecule has 0 saturated heterocycles. The third-order valence-corrected chi connectivity index (χ3v) is 3.54. The van der Waals surface area contributed by atoms with E-state index in [2.05, 4.69) is 15.6 Å². The van der Waals surface area contributed by atoms with Crippen LogP contribution in [0.4, 0.5) is 4.39 Å². The molecule has 0 aliphatic heterocycles. The van der Waals surface area contributed by atoms with Crippen LogP contribution in [0, 0.1) is 5.82 Å². The molecule has 24 heavy (non-hydrogen) atoms. The summed E-state index contributed by atoms with van der Waals surface area (Å²) in [7, 11) is 0. The summed E-state index contributed by atoms with van der Waals surface area (Å²) in [5, 5.41) is 5.42. The molecule has 2 N–H and O–H groups in total. The summed E-state index contributed by atoms with van der Waals surface area (Å²) in [5.74, 6) is 0.189. The van der Waals surface area contributed by atoms with Crippen LogP contribution >= 0.6 is 0 Å². The van der Waals surface area contributed by atoms with E-state index in [1.807, 2.05) is 17.7 Å². The number of hydrogen-bond acceptors (Lipinski definition) is 3. The van der Waals surface area contributed by atoms with E-state index in [4.69, 9.17) is 0 Å². The van der Waals surface area contributed by atoms with Crippen molar-refractivity contribution in [3.05, 3.63) is 53.9 Å². The number of benzene rings is 1. The summed E-state index contributed by atoms with van der Waals surface area (Å²) in [4.78, 5) is 27.8. The second kappa shape index (κ2) is 8.81. The largest absolute Gasteiger partial charge is 0.354 e. The lowest BCUT2D eigenvalue weighted by Crippen LogP contribution is -2.35. The van der Waals surface area contributed by atoms with Crippen LogP contribution in [0.1, 0.15) is 29.5 Å². The molecule has 0 aliphatic rings. The van der Waals surface area contributed by atoms with E-state index in [0.717, 1.165) is 12.2 Å². The first kappa shape index (κ1) is 17.7. The number of nitrogens with zero attached hydrogens (tertiary/aromatic N) is 2. The number of aromatic nitrogens is 2. The van der Waals surface area contributed by atoms with Crippen molar-refractivity contribution in [1.82, 2.24) is 20.2 Å². The Balaban J connectivity index is 1.64. The zero-order chi connectivity index (χ0) is 17.4. The molecule has 128 valence electrons. The fraction of sp³-hybridized carbons (Fsp3) is 0.353. The SMILES string of the molecule is CCc1nccn1CCC(=O)NCCNC(=O)c1ccc(F)cc1. The second-order valence-corrected chi connectivity index (χ2v) is 5.25. The van der Waals surface area contributed by atoms with Crippen molar-refractivity contribution in [2.75, 3.05) is 13.1 Å². The maximum atomic E-state index is 12.8. The lowest BCUT2D eigenvalue weighted by atomic mass is 10.2. The Hall–Kier alpha value is -2.70. The minimum absolute atomic E-state index is 0.0817. The monoisotopic (exact) mass is 332 g/mol. The zero-order valence-electron chi connectivity index (χ0n) is 13.6. The van der Waals surface area contributed by atoms with Gasteiger partial charge in [-0.3, -0.25) is 9.59 Å². The Bertz CT molecular complexity index is 682. The molecular formula is C17H21FN4O2. The van der Waals surface area contributed by atoms with Gasteiger partial charge in [0, 0.05) is 50.4 Å². The fourth-order valence-electron chi connectivity index (χ4n) is 2.25. The number of amides is 2. The van der Waals surface area contributed by atoms with E-state index in [1.54, 1.807) is 6.20 Å². The lowest BCUT2D eigenvalue weighted by molar-refractivity contribution is -0.121. The van der Waals surface area contributed by atoms with Crippen molar-refractivity contribution >= 4 is 11.8 Å². The highest BCUT2D eigenvalue weighted by Gasteiger charge is 2.06. The van der Waals surface area contributed by atoms with Gasteiger partial charge in [-0.15, -0.1) is 0 Å². The third kappa shape index (κ3) is 5.19. The molecule has 0 unspecified atom stereocenters. The van der Waals surface area contributed by atoms with Gasteiger partial charge in [-0.25, -0.2) is 9.37 Å². The van der Waals surface area contributed by atoms with E-state index < -0.39 is 0 Å². The van der Waals surface area contributed by atoms with Crippen molar-refractivity contribution in [1.29, 1.82) is 0 Å². The van der Waals surface area contributed by atoms with Crippen molar-refractivity contribution in [2.45, 2.75) is 26.3 Å². The summed E-state index contributed by atoms with van der Waals surface area (Å²) < 4.78 is 14.7. The average molecular weight is 332 g/mol. The minimum Gasteiger partial charge on any atom is -0.354 e. The van der Waals surface area contributed by atoms with Crippen LogP contribution in [0.3, 0.4) is 0 Å². The fourth-order valence-corrected chi connectivity index (χ4v) is 2.25. The van der Waals surface area contributed by atoms with Crippen LogP contribution in [-0.2, 0) is 17.8 Å². The molecule has 2 aromatic rings. The van der Waals surface area contributed by atoms with Gasteiger partial charge < -0.3 is 15.2 Å². The van der Waals surface area contributed by atoms with Crippen molar-refractivity contribution in [2.24, 2.45) is 0 Å². The zero-order valence-corrected chi connectivity index (χ0v) is 13.6. The summed E-state index contributed by atoms with van der Waals surface area (Å²) >= 11 is 0. The molecule has 0 bridgehead atoms. The van der Waals surface area contributed by atoms with Crippen LogP contribution in [-0.4, -0.2) is 34.5 Å². The van der Waals surface area contributed by atoms with Crippen LogP contribution in [0.25, 0.3) is 0 Å². The summed E-state index contributed by atoms with van der Waals surface area (Å²) in [6.45, 7) is 3.25. The number of carbonyl (C=O) groups excluding carboxylic acids is 2. The highest BCUT2D eigenvalue weighted by Crippen LogP contribution is 2.02. The molecule has 2 rings (SSSR count). The van der Waals surface area contributed by atoms with Gasteiger partial charge >= 0.3 is 0 Å². The molecule has 1 aromatic heterocycles. The van der Waals surface area contributed by atoms with E-state index in [1.165, 1.54) is 24.3 Å². The third-order valence-electron chi connectivity index (χ3n) is 3.54. The number of carbonyl (C=O) groups is 2. The normalized spacial score (nSPS) is 10.4. The number of aryl methyl sites for hydroxylation is 2. The maximum Gasteiger partial charge on any atom is 0.251 e. The number of imidazole rings is 1. The molecule has 0 radical (unpaired) electrons. The van der Waals surface area contributed by atoms with Gasteiger partial charge in [0.25, 0.3) is 5.91 Å². The number of nitrogens with one attached hydrogen (secondary N) is 2. The van der Waals surface area contributed by atoms with Gasteiger partial charge in [0.2, 0.25) is 5.91 Å². The Morgan fingerprint density at radius 3 is 2.58 bits per heavy atom. The van der Waals surface area contributed by atoms with Gasteiger partial charge in [0.15, 0.2) is 0 Å². The number of hydrogen-bond donors (Lipinski definition) is 2. The molecule has 6 nitrogen and oxygen atoms in total. The predicted octanol–water partition coefficient (Wildman–Crippen LogP) is 1.52. The van der Waals surface area contributed by atoms with Gasteiger partial charge in [-0.2, -0.15) is 0 Å². The summed E-state index contributed by atoms with van der Waals surface area (Å²) in [5.41, 5.74) is 0.384. The minimum atomic E-state index is -0.386. The van der Waals surface area contributed by atoms with Crippen molar-refractivity contribution in [3.63, 3.8) is 0 Å². The van der Waals surface area contributed by atoms with Gasteiger partial charge in [-0.05, 0) is 24.3 Å². The molecular weight excluding hydrogens is 311 g/mol. The molecule has 0 spiro atoms. The van der Waals surface area contributed by atoms with E-state index in [9.17, 15) is 14.0 Å². The molecule has 7 heteroatoms. The summed E-state index contributed by atoms with van der Waals surface area (Å²) in [6, 6.07) is 5.30. The van der Waals surface area contributed by atoms with Gasteiger partial charge in [0.1, 0.15) is 11.6 Å².